The molecule has 0 aliphatic heterocycles. The Morgan fingerprint density at radius 1 is 0.875 bits per heavy atom. The lowest BCUT2D eigenvalue weighted by Gasteiger charge is -2.27. The zero-order valence-electron chi connectivity index (χ0n) is 18.9. The molecule has 0 spiro atoms. The number of benzene rings is 1. The zero-order valence-corrected chi connectivity index (χ0v) is 18.9. The second-order valence-corrected chi connectivity index (χ2v) is 8.30. The number of carbonyl (C=O) groups is 4. The summed E-state index contributed by atoms with van der Waals surface area (Å²) in [6.45, 7) is 6.44. The second-order valence-electron chi connectivity index (χ2n) is 8.30. The van der Waals surface area contributed by atoms with E-state index in [1.807, 2.05) is 13.8 Å². The van der Waals surface area contributed by atoms with Gasteiger partial charge in [-0.3, -0.25) is 14.4 Å². The summed E-state index contributed by atoms with van der Waals surface area (Å²) in [7, 11) is 0. The van der Waals surface area contributed by atoms with Gasteiger partial charge in [0, 0.05) is 6.42 Å². The first-order chi connectivity index (χ1) is 14.9. The predicted molar refractivity (Wildman–Crippen MR) is 118 cm³/mol. The molecule has 10 nitrogen and oxygen atoms in total. The van der Waals surface area contributed by atoms with E-state index in [-0.39, 0.29) is 18.8 Å². The van der Waals surface area contributed by atoms with Gasteiger partial charge in [0.25, 0.3) is 0 Å². The molecule has 0 aromatic heterocycles. The lowest BCUT2D eigenvalue weighted by molar-refractivity contribution is -0.142. The summed E-state index contributed by atoms with van der Waals surface area (Å²) in [5, 5.41) is 26.8. The number of amides is 3. The lowest BCUT2D eigenvalue weighted by atomic mass is 10.0. The normalized spacial score (nSPS) is 15.7. The van der Waals surface area contributed by atoms with Crippen molar-refractivity contribution in [1.29, 1.82) is 0 Å². The van der Waals surface area contributed by atoms with Gasteiger partial charge in [0.1, 0.15) is 18.1 Å². The summed E-state index contributed by atoms with van der Waals surface area (Å²) >= 11 is 0. The van der Waals surface area contributed by atoms with Gasteiger partial charge in [-0.1, -0.05) is 44.2 Å². The Labute approximate surface area is 187 Å². The van der Waals surface area contributed by atoms with Gasteiger partial charge in [-0.2, -0.15) is 0 Å². The average molecular weight is 451 g/mol. The van der Waals surface area contributed by atoms with Crippen molar-refractivity contribution in [3.63, 3.8) is 0 Å². The molecule has 32 heavy (non-hydrogen) atoms. The topological polar surface area (TPSA) is 171 Å². The number of nitrogens with two attached hydrogens (primary N) is 1. The van der Waals surface area contributed by atoms with Crippen LogP contribution in [0.15, 0.2) is 30.3 Å². The Morgan fingerprint density at radius 3 is 1.91 bits per heavy atom. The van der Waals surface area contributed by atoms with Crippen molar-refractivity contribution < 1.29 is 29.4 Å². The maximum Gasteiger partial charge on any atom is 0.326 e. The van der Waals surface area contributed by atoms with Crippen LogP contribution in [0.25, 0.3) is 0 Å². The molecule has 5 unspecified atom stereocenters. The number of aliphatic hydroxyl groups excluding tert-OH is 1. The number of rotatable bonds is 12. The lowest BCUT2D eigenvalue weighted by Crippen LogP contribution is -2.59. The van der Waals surface area contributed by atoms with Crippen LogP contribution in [0.4, 0.5) is 0 Å². The maximum atomic E-state index is 12.9. The molecule has 0 saturated carbocycles. The maximum absolute atomic E-state index is 12.9. The van der Waals surface area contributed by atoms with Gasteiger partial charge in [0.2, 0.25) is 17.7 Å². The van der Waals surface area contributed by atoms with Crippen molar-refractivity contribution in [3.05, 3.63) is 35.9 Å². The largest absolute Gasteiger partial charge is 0.480 e. The fourth-order valence-corrected chi connectivity index (χ4v) is 2.98. The van der Waals surface area contributed by atoms with E-state index in [2.05, 4.69) is 16.0 Å². The number of nitrogens with one attached hydrogen (secondary N) is 3. The third kappa shape index (κ3) is 9.03. The Kier molecular flexibility index (Phi) is 10.8. The van der Waals surface area contributed by atoms with Crippen LogP contribution < -0.4 is 21.7 Å². The highest BCUT2D eigenvalue weighted by Gasteiger charge is 2.32. The fraction of sp³-hybridized carbons (Fsp3) is 0.545. The van der Waals surface area contributed by atoms with E-state index >= 15 is 0 Å². The molecule has 10 heteroatoms. The molecule has 7 N–H and O–H groups in total. The quantitative estimate of drug-likeness (QED) is 0.250. The molecular weight excluding hydrogens is 416 g/mol. The minimum absolute atomic E-state index is 0.00731. The third-order valence-corrected chi connectivity index (χ3v) is 4.71. The molecule has 0 radical (unpaired) electrons. The molecule has 0 saturated heterocycles. The summed E-state index contributed by atoms with van der Waals surface area (Å²) in [6, 6.07) is 4.37. The highest BCUT2D eigenvalue weighted by atomic mass is 16.4. The van der Waals surface area contributed by atoms with Crippen LogP contribution in [0.2, 0.25) is 0 Å². The highest BCUT2D eigenvalue weighted by Crippen LogP contribution is 2.09. The molecule has 0 aliphatic carbocycles. The van der Waals surface area contributed by atoms with Crippen molar-refractivity contribution in [2.75, 3.05) is 0 Å². The molecule has 5 atom stereocenters. The molecule has 1 rings (SSSR count). The Morgan fingerprint density at radius 2 is 1.44 bits per heavy atom. The molecular formula is C22H34N4O6. The van der Waals surface area contributed by atoms with Crippen molar-refractivity contribution in [3.8, 4) is 0 Å². The van der Waals surface area contributed by atoms with Gasteiger partial charge in [-0.05, 0) is 31.7 Å². The highest BCUT2D eigenvalue weighted by molar-refractivity contribution is 5.94. The first-order valence-electron chi connectivity index (χ1n) is 10.5. The summed E-state index contributed by atoms with van der Waals surface area (Å²) < 4.78 is 0. The summed E-state index contributed by atoms with van der Waals surface area (Å²) in [5.74, 6) is -3.29. The van der Waals surface area contributed by atoms with Crippen LogP contribution in [0, 0.1) is 5.92 Å². The summed E-state index contributed by atoms with van der Waals surface area (Å²) in [6.07, 6.45) is -0.945. The zero-order chi connectivity index (χ0) is 24.4. The molecule has 0 fully saturated rings. The van der Waals surface area contributed by atoms with Crippen molar-refractivity contribution in [2.45, 2.75) is 70.8 Å². The van der Waals surface area contributed by atoms with E-state index in [0.29, 0.717) is 0 Å². The minimum atomic E-state index is -1.32. The number of aliphatic hydroxyl groups is 1. The Bertz CT molecular complexity index is 782. The first kappa shape index (κ1) is 27.1. The van der Waals surface area contributed by atoms with Crippen molar-refractivity contribution in [1.82, 2.24) is 16.0 Å². The number of carboxylic acids is 1. The van der Waals surface area contributed by atoms with Gasteiger partial charge in [0.05, 0.1) is 12.1 Å². The third-order valence-electron chi connectivity index (χ3n) is 4.71. The number of carboxylic acid groups (broad SMARTS) is 1. The monoisotopic (exact) mass is 450 g/mol. The van der Waals surface area contributed by atoms with Crippen LogP contribution in [0.3, 0.4) is 0 Å². The minimum Gasteiger partial charge on any atom is -0.480 e. The number of carbonyl (C=O) groups excluding carboxylic acids is 3. The molecule has 1 aromatic carbocycles. The Balaban J connectivity index is 2.96. The van der Waals surface area contributed by atoms with Gasteiger partial charge < -0.3 is 31.9 Å². The van der Waals surface area contributed by atoms with E-state index in [0.717, 1.165) is 5.56 Å². The van der Waals surface area contributed by atoms with E-state index in [1.165, 1.54) is 13.8 Å². The SMILES string of the molecule is CC(C)CC(NC(=O)C(NC(=O)C(C)N)C(C)O)C(=O)NC(Cc1ccccc1)C(=O)O. The van der Waals surface area contributed by atoms with E-state index in [1.54, 1.807) is 30.3 Å². The van der Waals surface area contributed by atoms with E-state index in [9.17, 15) is 29.4 Å². The van der Waals surface area contributed by atoms with Crippen molar-refractivity contribution in [2.24, 2.45) is 11.7 Å². The molecule has 0 heterocycles. The van der Waals surface area contributed by atoms with Crippen LogP contribution in [0.5, 0.6) is 0 Å². The predicted octanol–water partition coefficient (Wildman–Crippen LogP) is -0.458. The number of aliphatic carboxylic acids is 1. The smallest absolute Gasteiger partial charge is 0.326 e. The molecule has 178 valence electrons. The first-order valence-corrected chi connectivity index (χ1v) is 10.5. The van der Waals surface area contributed by atoms with Crippen molar-refractivity contribution >= 4 is 23.7 Å². The number of hydrogen-bond acceptors (Lipinski definition) is 6. The van der Waals surface area contributed by atoms with Gasteiger partial charge in [-0.15, -0.1) is 0 Å². The standard InChI is InChI=1S/C22H34N4O6/c1-12(2)10-16(24-21(30)18(14(4)27)26-19(28)13(3)23)20(29)25-17(22(31)32)11-15-8-6-5-7-9-15/h5-9,12-14,16-18,27H,10-11,23H2,1-4H3,(H,24,30)(H,25,29)(H,26,28)(H,31,32). The molecule has 0 bridgehead atoms. The van der Waals surface area contributed by atoms with Gasteiger partial charge in [0.15, 0.2) is 0 Å². The molecule has 0 aliphatic rings. The number of hydrogen-bond donors (Lipinski definition) is 6. The van der Waals surface area contributed by atoms with E-state index < -0.39 is 54.0 Å². The van der Waals surface area contributed by atoms with Crippen LogP contribution >= 0.6 is 0 Å². The van der Waals surface area contributed by atoms with Crippen LogP contribution in [-0.4, -0.2) is 64.2 Å². The van der Waals surface area contributed by atoms with Crippen LogP contribution in [0.1, 0.15) is 39.7 Å². The fourth-order valence-electron chi connectivity index (χ4n) is 2.98. The average Bonchev–Trinajstić information content (AvgIpc) is 2.70. The second kappa shape index (κ2) is 12.8. The van der Waals surface area contributed by atoms with Gasteiger partial charge in [-0.25, -0.2) is 4.79 Å². The molecule has 3 amide bonds. The van der Waals surface area contributed by atoms with E-state index in [4.69, 9.17) is 5.73 Å². The Hall–Kier alpha value is -2.98. The summed E-state index contributed by atoms with van der Waals surface area (Å²) in [5.41, 5.74) is 6.23. The molecule has 1 aromatic rings. The van der Waals surface area contributed by atoms with Gasteiger partial charge >= 0.3 is 5.97 Å². The van der Waals surface area contributed by atoms with Crippen LogP contribution in [-0.2, 0) is 25.6 Å². The summed E-state index contributed by atoms with van der Waals surface area (Å²) in [4.78, 5) is 49.2.